The third kappa shape index (κ3) is 4.97. The molecule has 1 saturated carbocycles. The summed E-state index contributed by atoms with van der Waals surface area (Å²) in [4.78, 5) is 16.6. The molecule has 36 heavy (non-hydrogen) atoms. The van der Waals surface area contributed by atoms with Crippen molar-refractivity contribution in [1.29, 1.82) is 0 Å². The molecule has 1 N–H and O–H groups in total. The number of aromatic nitrogens is 7. The fraction of sp³-hybridized carbons (Fsp3) is 0.480. The molecule has 0 radical (unpaired) electrons. The first-order chi connectivity index (χ1) is 17.6. The Hall–Kier alpha value is -3.73. The van der Waals surface area contributed by atoms with E-state index in [4.69, 9.17) is 14.6 Å². The molecule has 0 spiro atoms. The second kappa shape index (κ2) is 10.5. The number of aryl methyl sites for hydroxylation is 1. The zero-order valence-corrected chi connectivity index (χ0v) is 20.9. The third-order valence-corrected chi connectivity index (χ3v) is 6.55. The van der Waals surface area contributed by atoms with Crippen molar-refractivity contribution in [3.05, 3.63) is 47.1 Å². The number of methoxy groups -OCH3 is 1. The molecule has 5 rings (SSSR count). The summed E-state index contributed by atoms with van der Waals surface area (Å²) in [6, 6.07) is 5.48. The van der Waals surface area contributed by atoms with Crippen LogP contribution in [0.1, 0.15) is 38.6 Å². The summed E-state index contributed by atoms with van der Waals surface area (Å²) >= 11 is 0. The summed E-state index contributed by atoms with van der Waals surface area (Å²) in [5.41, 5.74) is 2.78. The van der Waals surface area contributed by atoms with Gasteiger partial charge in [-0.3, -0.25) is 14.2 Å². The Bertz CT molecular complexity index is 1380. The quantitative estimate of drug-likeness (QED) is 0.379. The van der Waals surface area contributed by atoms with Gasteiger partial charge in [-0.1, -0.05) is 0 Å². The monoisotopic (exact) mass is 492 g/mol. The van der Waals surface area contributed by atoms with Crippen LogP contribution in [0.25, 0.3) is 22.2 Å². The topological polar surface area (TPSA) is 114 Å². The number of fused-ring (bicyclic) bond motifs is 1. The molecule has 0 saturated heterocycles. The largest absolute Gasteiger partial charge is 0.473 e. The lowest BCUT2D eigenvalue weighted by molar-refractivity contribution is 0.121. The van der Waals surface area contributed by atoms with E-state index in [2.05, 4.69) is 38.2 Å². The van der Waals surface area contributed by atoms with Crippen molar-refractivity contribution < 1.29 is 9.47 Å². The fourth-order valence-corrected chi connectivity index (χ4v) is 4.75. The number of nitrogens with zero attached hydrogens (tertiary/aromatic N) is 7. The van der Waals surface area contributed by atoms with Gasteiger partial charge in [0.2, 0.25) is 5.88 Å². The molecule has 0 atom stereocenters. The molecule has 11 nitrogen and oxygen atoms in total. The molecular formula is C25H32N8O3. The number of pyridine rings is 1. The van der Waals surface area contributed by atoms with E-state index in [0.717, 1.165) is 60.2 Å². The Morgan fingerprint density at radius 3 is 2.69 bits per heavy atom. The van der Waals surface area contributed by atoms with Gasteiger partial charge in [-0.2, -0.15) is 10.2 Å². The summed E-state index contributed by atoms with van der Waals surface area (Å²) in [5, 5.41) is 18.1. The van der Waals surface area contributed by atoms with Gasteiger partial charge in [0.25, 0.3) is 5.56 Å². The van der Waals surface area contributed by atoms with Crippen molar-refractivity contribution in [2.24, 2.45) is 7.05 Å². The van der Waals surface area contributed by atoms with Crippen LogP contribution in [0.3, 0.4) is 0 Å². The van der Waals surface area contributed by atoms with Gasteiger partial charge in [0.1, 0.15) is 17.6 Å². The zero-order valence-electron chi connectivity index (χ0n) is 20.9. The molecule has 4 aromatic rings. The van der Waals surface area contributed by atoms with E-state index in [9.17, 15) is 4.79 Å². The molecule has 1 aliphatic rings. The van der Waals surface area contributed by atoms with E-state index in [1.807, 2.05) is 25.6 Å². The maximum absolute atomic E-state index is 12.0. The Labute approximate surface area is 209 Å². The number of anilines is 1. The van der Waals surface area contributed by atoms with E-state index < -0.39 is 0 Å². The normalized spacial score (nSPS) is 18.0. The maximum Gasteiger partial charge on any atom is 0.267 e. The standard InChI is InChI=1S/C25H32N8O3/c1-4-26-22-13-21-20(15-27-22)25(17-14-28-31(2)16-17)30-33(21)18-5-7-19(8-6-18)36-23-9-10-24(34)32(29-23)11-12-35-3/h9-10,13-16,18-19H,4-8,11-12H2,1-3H3,(H,26,27)/t18-,19+. The van der Waals surface area contributed by atoms with Gasteiger partial charge in [0.15, 0.2) is 0 Å². The number of rotatable bonds is 9. The van der Waals surface area contributed by atoms with Crippen LogP contribution < -0.4 is 15.6 Å². The molecule has 190 valence electrons. The van der Waals surface area contributed by atoms with Crippen LogP contribution in [0.5, 0.6) is 5.88 Å². The summed E-state index contributed by atoms with van der Waals surface area (Å²) in [6.45, 7) is 3.68. The highest BCUT2D eigenvalue weighted by atomic mass is 16.5. The SMILES string of the molecule is CCNc1cc2c(cn1)c(-c1cnn(C)c1)nn2[C@H]1CC[C@@H](Oc2ccc(=O)n(CCOC)n2)CC1. The molecule has 11 heteroatoms. The van der Waals surface area contributed by atoms with Crippen molar-refractivity contribution in [1.82, 2.24) is 34.3 Å². The first-order valence-corrected chi connectivity index (χ1v) is 12.4. The van der Waals surface area contributed by atoms with Crippen LogP contribution in [0.4, 0.5) is 5.82 Å². The van der Waals surface area contributed by atoms with Crippen molar-refractivity contribution in [2.45, 2.75) is 51.3 Å². The first-order valence-electron chi connectivity index (χ1n) is 12.4. The van der Waals surface area contributed by atoms with Gasteiger partial charge < -0.3 is 14.8 Å². The average molecular weight is 493 g/mol. The van der Waals surface area contributed by atoms with Crippen LogP contribution in [0, 0.1) is 0 Å². The second-order valence-electron chi connectivity index (χ2n) is 9.09. The van der Waals surface area contributed by atoms with Gasteiger partial charge >= 0.3 is 0 Å². The number of nitrogens with one attached hydrogen (secondary N) is 1. The summed E-state index contributed by atoms with van der Waals surface area (Å²) in [5.74, 6) is 1.31. The van der Waals surface area contributed by atoms with E-state index >= 15 is 0 Å². The van der Waals surface area contributed by atoms with Gasteiger partial charge in [0, 0.05) is 62.2 Å². The molecule has 1 aliphatic carbocycles. The molecule has 0 bridgehead atoms. The Morgan fingerprint density at radius 2 is 1.97 bits per heavy atom. The van der Waals surface area contributed by atoms with Crippen molar-refractivity contribution in [3.8, 4) is 17.1 Å². The molecule has 0 aliphatic heterocycles. The zero-order chi connectivity index (χ0) is 25.1. The first kappa shape index (κ1) is 24.0. The molecule has 0 aromatic carbocycles. The lowest BCUT2D eigenvalue weighted by Gasteiger charge is -2.29. The molecule has 4 aromatic heterocycles. The number of hydrogen-bond acceptors (Lipinski definition) is 8. The van der Waals surface area contributed by atoms with Crippen molar-refractivity contribution in [3.63, 3.8) is 0 Å². The molecule has 1 fully saturated rings. The maximum atomic E-state index is 12.0. The van der Waals surface area contributed by atoms with Crippen LogP contribution in [0.2, 0.25) is 0 Å². The molecule has 4 heterocycles. The van der Waals surface area contributed by atoms with Gasteiger partial charge in [-0.05, 0) is 32.6 Å². The lowest BCUT2D eigenvalue weighted by atomic mass is 9.93. The van der Waals surface area contributed by atoms with Gasteiger partial charge in [-0.25, -0.2) is 9.67 Å². The van der Waals surface area contributed by atoms with Crippen LogP contribution in [0.15, 0.2) is 41.6 Å². The van der Waals surface area contributed by atoms with E-state index in [1.54, 1.807) is 17.9 Å². The second-order valence-corrected chi connectivity index (χ2v) is 9.09. The summed E-state index contributed by atoms with van der Waals surface area (Å²) < 4.78 is 16.5. The van der Waals surface area contributed by atoms with Gasteiger partial charge in [-0.15, -0.1) is 5.10 Å². The molecule has 0 amide bonds. The summed E-state index contributed by atoms with van der Waals surface area (Å²) in [7, 11) is 3.51. The predicted octanol–water partition coefficient (Wildman–Crippen LogP) is 3.03. The lowest BCUT2D eigenvalue weighted by Crippen LogP contribution is -2.29. The van der Waals surface area contributed by atoms with E-state index in [-0.39, 0.29) is 17.7 Å². The number of ether oxygens (including phenoxy) is 2. The molecule has 0 unspecified atom stereocenters. The fourth-order valence-electron chi connectivity index (χ4n) is 4.75. The van der Waals surface area contributed by atoms with E-state index in [1.165, 1.54) is 10.7 Å². The summed E-state index contributed by atoms with van der Waals surface area (Å²) in [6.07, 6.45) is 9.36. The smallest absolute Gasteiger partial charge is 0.267 e. The highest BCUT2D eigenvalue weighted by molar-refractivity contribution is 5.93. The van der Waals surface area contributed by atoms with Gasteiger partial charge in [0.05, 0.1) is 30.9 Å². The minimum Gasteiger partial charge on any atom is -0.473 e. The van der Waals surface area contributed by atoms with Crippen molar-refractivity contribution >= 4 is 16.7 Å². The number of hydrogen-bond donors (Lipinski definition) is 1. The Balaban J connectivity index is 1.35. The minimum atomic E-state index is -0.162. The Morgan fingerprint density at radius 1 is 1.14 bits per heavy atom. The minimum absolute atomic E-state index is 0.0423. The van der Waals surface area contributed by atoms with Crippen LogP contribution in [-0.2, 0) is 18.3 Å². The van der Waals surface area contributed by atoms with Crippen LogP contribution >= 0.6 is 0 Å². The molecular weight excluding hydrogens is 460 g/mol. The van der Waals surface area contributed by atoms with Crippen molar-refractivity contribution in [2.75, 3.05) is 25.6 Å². The highest BCUT2D eigenvalue weighted by Crippen LogP contribution is 2.36. The average Bonchev–Trinajstić information content (AvgIpc) is 3.48. The third-order valence-electron chi connectivity index (χ3n) is 6.55. The predicted molar refractivity (Wildman–Crippen MR) is 136 cm³/mol. The van der Waals surface area contributed by atoms with E-state index in [0.29, 0.717) is 19.0 Å². The Kier molecular flexibility index (Phi) is 6.99. The van der Waals surface area contributed by atoms with Crippen LogP contribution in [-0.4, -0.2) is 60.7 Å². The highest BCUT2D eigenvalue weighted by Gasteiger charge is 2.27.